The molecule has 0 spiro atoms. The zero-order valence-electron chi connectivity index (χ0n) is 13.0. The van der Waals surface area contributed by atoms with Crippen LogP contribution in [0.5, 0.6) is 0 Å². The molecule has 1 rings (SSSR count). The lowest BCUT2D eigenvalue weighted by molar-refractivity contribution is 0.209. The summed E-state index contributed by atoms with van der Waals surface area (Å²) in [7, 11) is 0. The first-order valence-corrected chi connectivity index (χ1v) is 7.74. The van der Waals surface area contributed by atoms with Gasteiger partial charge >= 0.3 is 0 Å². The van der Waals surface area contributed by atoms with Crippen molar-refractivity contribution in [1.82, 2.24) is 10.2 Å². The van der Waals surface area contributed by atoms with E-state index in [0.29, 0.717) is 0 Å². The molecular weight excluding hydrogens is 236 g/mol. The van der Waals surface area contributed by atoms with Crippen LogP contribution in [0, 0.1) is 5.92 Å². The third-order valence-corrected chi connectivity index (χ3v) is 3.76. The SMILES string of the molecule is CCNCc1ccc(CN(CC)CC(CC)CC)o1. The fourth-order valence-corrected chi connectivity index (χ4v) is 2.29. The van der Waals surface area contributed by atoms with Crippen molar-refractivity contribution in [3.8, 4) is 0 Å². The van der Waals surface area contributed by atoms with Crippen LogP contribution < -0.4 is 5.32 Å². The van der Waals surface area contributed by atoms with E-state index < -0.39 is 0 Å². The molecule has 3 nitrogen and oxygen atoms in total. The van der Waals surface area contributed by atoms with Gasteiger partial charge in [0.15, 0.2) is 0 Å². The van der Waals surface area contributed by atoms with E-state index in [1.165, 1.54) is 19.4 Å². The molecule has 0 saturated heterocycles. The van der Waals surface area contributed by atoms with Gasteiger partial charge in [-0.3, -0.25) is 4.90 Å². The van der Waals surface area contributed by atoms with Gasteiger partial charge in [-0.1, -0.05) is 40.5 Å². The van der Waals surface area contributed by atoms with E-state index in [9.17, 15) is 0 Å². The van der Waals surface area contributed by atoms with E-state index in [1.807, 2.05) is 0 Å². The lowest BCUT2D eigenvalue weighted by Gasteiger charge is -2.24. The molecule has 0 saturated carbocycles. The Balaban J connectivity index is 2.48. The summed E-state index contributed by atoms with van der Waals surface area (Å²) in [6.07, 6.45) is 2.52. The molecule has 110 valence electrons. The Morgan fingerprint density at radius 3 is 2.37 bits per heavy atom. The summed E-state index contributed by atoms with van der Waals surface area (Å²) in [5, 5.41) is 3.29. The molecule has 0 amide bonds. The van der Waals surface area contributed by atoms with Crippen molar-refractivity contribution >= 4 is 0 Å². The van der Waals surface area contributed by atoms with Crippen LogP contribution >= 0.6 is 0 Å². The average molecular weight is 266 g/mol. The van der Waals surface area contributed by atoms with Crippen LogP contribution in [0.4, 0.5) is 0 Å². The number of rotatable bonds is 10. The van der Waals surface area contributed by atoms with E-state index >= 15 is 0 Å². The predicted octanol–water partition coefficient (Wildman–Crippen LogP) is 3.65. The van der Waals surface area contributed by atoms with E-state index in [-0.39, 0.29) is 0 Å². The fourth-order valence-electron chi connectivity index (χ4n) is 2.29. The maximum Gasteiger partial charge on any atom is 0.118 e. The van der Waals surface area contributed by atoms with Crippen molar-refractivity contribution in [1.29, 1.82) is 0 Å². The highest BCUT2D eigenvalue weighted by molar-refractivity contribution is 5.07. The lowest BCUT2D eigenvalue weighted by atomic mass is 10.0. The van der Waals surface area contributed by atoms with Crippen molar-refractivity contribution in [3.05, 3.63) is 23.7 Å². The molecule has 3 heteroatoms. The second kappa shape index (κ2) is 9.16. The Morgan fingerprint density at radius 2 is 1.79 bits per heavy atom. The van der Waals surface area contributed by atoms with Crippen LogP contribution in [0.2, 0.25) is 0 Å². The molecule has 0 aliphatic heterocycles. The number of hydrogen-bond donors (Lipinski definition) is 1. The van der Waals surface area contributed by atoms with Crippen molar-refractivity contribution in [2.75, 3.05) is 19.6 Å². The minimum absolute atomic E-state index is 0.802. The van der Waals surface area contributed by atoms with Gasteiger partial charge < -0.3 is 9.73 Å². The van der Waals surface area contributed by atoms with Crippen LogP contribution in [0.3, 0.4) is 0 Å². The lowest BCUT2D eigenvalue weighted by Crippen LogP contribution is -2.28. The van der Waals surface area contributed by atoms with Crippen LogP contribution in [0.15, 0.2) is 16.5 Å². The Morgan fingerprint density at radius 1 is 1.11 bits per heavy atom. The quantitative estimate of drug-likeness (QED) is 0.701. The second-order valence-electron chi connectivity index (χ2n) is 5.16. The van der Waals surface area contributed by atoms with E-state index in [0.717, 1.165) is 43.6 Å². The van der Waals surface area contributed by atoms with E-state index in [2.05, 4.69) is 50.0 Å². The topological polar surface area (TPSA) is 28.4 Å². The third-order valence-electron chi connectivity index (χ3n) is 3.76. The highest BCUT2D eigenvalue weighted by Gasteiger charge is 2.12. The van der Waals surface area contributed by atoms with Crippen molar-refractivity contribution < 1.29 is 4.42 Å². The first-order valence-electron chi connectivity index (χ1n) is 7.74. The summed E-state index contributed by atoms with van der Waals surface area (Å²) >= 11 is 0. The molecule has 1 heterocycles. The standard InChI is InChI=1S/C16H30N2O/c1-5-14(6-2)12-18(8-4)13-16-10-9-15(19-16)11-17-7-3/h9-10,14,17H,5-8,11-13H2,1-4H3. The molecule has 0 aliphatic rings. The Labute approximate surface area is 118 Å². The minimum atomic E-state index is 0.802. The molecule has 19 heavy (non-hydrogen) atoms. The molecule has 1 aromatic heterocycles. The fraction of sp³-hybridized carbons (Fsp3) is 0.750. The second-order valence-corrected chi connectivity index (χ2v) is 5.16. The molecule has 0 fully saturated rings. The van der Waals surface area contributed by atoms with Crippen LogP contribution in [-0.2, 0) is 13.1 Å². The number of nitrogens with zero attached hydrogens (tertiary/aromatic N) is 1. The highest BCUT2D eigenvalue weighted by atomic mass is 16.3. The minimum Gasteiger partial charge on any atom is -0.463 e. The summed E-state index contributed by atoms with van der Waals surface area (Å²) < 4.78 is 5.86. The molecule has 0 aromatic carbocycles. The van der Waals surface area contributed by atoms with Crippen molar-refractivity contribution in [2.45, 2.75) is 53.6 Å². The molecule has 0 radical (unpaired) electrons. The van der Waals surface area contributed by atoms with Crippen LogP contribution in [0.25, 0.3) is 0 Å². The van der Waals surface area contributed by atoms with Crippen LogP contribution in [0.1, 0.15) is 52.1 Å². The molecule has 0 atom stereocenters. The van der Waals surface area contributed by atoms with Gasteiger partial charge in [0.05, 0.1) is 13.1 Å². The zero-order chi connectivity index (χ0) is 14.1. The normalized spacial score (nSPS) is 11.7. The first-order chi connectivity index (χ1) is 9.23. The summed E-state index contributed by atoms with van der Waals surface area (Å²) in [6, 6.07) is 4.20. The summed E-state index contributed by atoms with van der Waals surface area (Å²) in [5.41, 5.74) is 0. The maximum atomic E-state index is 5.86. The average Bonchev–Trinajstić information content (AvgIpc) is 2.88. The maximum absolute atomic E-state index is 5.86. The monoisotopic (exact) mass is 266 g/mol. The van der Waals surface area contributed by atoms with Gasteiger partial charge in [-0.2, -0.15) is 0 Å². The predicted molar refractivity (Wildman–Crippen MR) is 81.1 cm³/mol. The number of hydrogen-bond acceptors (Lipinski definition) is 3. The Bertz CT molecular complexity index is 331. The van der Waals surface area contributed by atoms with Gasteiger partial charge in [0.1, 0.15) is 11.5 Å². The smallest absolute Gasteiger partial charge is 0.118 e. The zero-order valence-corrected chi connectivity index (χ0v) is 13.0. The van der Waals surface area contributed by atoms with E-state index in [1.54, 1.807) is 0 Å². The van der Waals surface area contributed by atoms with Gasteiger partial charge in [0, 0.05) is 6.54 Å². The molecule has 0 bridgehead atoms. The molecule has 1 N–H and O–H groups in total. The Hall–Kier alpha value is -0.800. The number of nitrogens with one attached hydrogen (secondary N) is 1. The van der Waals surface area contributed by atoms with Gasteiger partial charge in [0.2, 0.25) is 0 Å². The summed E-state index contributed by atoms with van der Waals surface area (Å²) in [4.78, 5) is 2.48. The third kappa shape index (κ3) is 5.79. The largest absolute Gasteiger partial charge is 0.463 e. The number of furan rings is 1. The molecule has 1 aromatic rings. The van der Waals surface area contributed by atoms with E-state index in [4.69, 9.17) is 4.42 Å². The van der Waals surface area contributed by atoms with Gasteiger partial charge in [-0.15, -0.1) is 0 Å². The van der Waals surface area contributed by atoms with Crippen molar-refractivity contribution in [3.63, 3.8) is 0 Å². The first kappa shape index (κ1) is 16.3. The van der Waals surface area contributed by atoms with Gasteiger partial charge in [0.25, 0.3) is 0 Å². The van der Waals surface area contributed by atoms with Gasteiger partial charge in [-0.05, 0) is 31.1 Å². The summed E-state index contributed by atoms with van der Waals surface area (Å²) in [5.74, 6) is 2.92. The summed E-state index contributed by atoms with van der Waals surface area (Å²) in [6.45, 7) is 13.9. The molecule has 0 aliphatic carbocycles. The molecule has 0 unspecified atom stereocenters. The highest BCUT2D eigenvalue weighted by Crippen LogP contribution is 2.14. The molecular formula is C16H30N2O. The Kier molecular flexibility index (Phi) is 7.84. The van der Waals surface area contributed by atoms with Gasteiger partial charge in [-0.25, -0.2) is 0 Å². The van der Waals surface area contributed by atoms with Crippen molar-refractivity contribution in [2.24, 2.45) is 5.92 Å². The van der Waals surface area contributed by atoms with Crippen LogP contribution in [-0.4, -0.2) is 24.5 Å².